The third-order valence-electron chi connectivity index (χ3n) is 4.25. The molecular weight excluding hydrogens is 358 g/mol. The summed E-state index contributed by atoms with van der Waals surface area (Å²) < 4.78 is 16.1. The van der Waals surface area contributed by atoms with E-state index in [2.05, 4.69) is 0 Å². The molecule has 0 bridgehead atoms. The number of amides is 1. The average molecular weight is 384 g/mol. The Hall–Kier alpha value is -1.95. The number of likely N-dealkylation sites (tertiary alicyclic amines) is 1. The Labute approximate surface area is 159 Å². The normalized spacial score (nSPS) is 16.9. The molecule has 0 spiro atoms. The van der Waals surface area contributed by atoms with Gasteiger partial charge in [-0.15, -0.1) is 0 Å². The molecule has 144 valence electrons. The van der Waals surface area contributed by atoms with E-state index in [4.69, 9.17) is 25.8 Å². The Kier molecular flexibility index (Phi) is 7.57. The highest BCUT2D eigenvalue weighted by Gasteiger charge is 2.34. The molecule has 1 heterocycles. The van der Waals surface area contributed by atoms with Gasteiger partial charge >= 0.3 is 5.97 Å². The number of halogens is 1. The van der Waals surface area contributed by atoms with Crippen LogP contribution in [0.3, 0.4) is 0 Å². The molecule has 2 rings (SSSR count). The van der Waals surface area contributed by atoms with Gasteiger partial charge in [-0.05, 0) is 44.7 Å². The highest BCUT2D eigenvalue weighted by Crippen LogP contribution is 2.37. The van der Waals surface area contributed by atoms with Crippen molar-refractivity contribution in [2.75, 3.05) is 26.9 Å². The van der Waals surface area contributed by atoms with E-state index in [-0.39, 0.29) is 11.9 Å². The molecule has 0 radical (unpaired) electrons. The fraction of sp³-hybridized carbons (Fsp3) is 0.579. The van der Waals surface area contributed by atoms with E-state index >= 15 is 0 Å². The van der Waals surface area contributed by atoms with E-state index in [1.165, 1.54) is 7.11 Å². The van der Waals surface area contributed by atoms with Crippen LogP contribution in [0.1, 0.15) is 49.9 Å². The minimum Gasteiger partial charge on any atom is -0.493 e. The van der Waals surface area contributed by atoms with Gasteiger partial charge in [0.15, 0.2) is 11.5 Å². The summed E-state index contributed by atoms with van der Waals surface area (Å²) in [5.41, 5.74) is 0.367. The lowest BCUT2D eigenvalue weighted by Crippen LogP contribution is -2.48. The van der Waals surface area contributed by atoms with Gasteiger partial charge in [-0.2, -0.15) is 0 Å². The predicted octanol–water partition coefficient (Wildman–Crippen LogP) is 3.70. The standard InChI is InChI=1S/C19H26ClNO5/c1-4-10-26-17-14(20)11-13(12-16(17)24-3)18(22)21-9-7-6-8-15(21)19(23)25-5-2/h11-12,15H,4-10H2,1-3H3. The maximum absolute atomic E-state index is 13.0. The Morgan fingerprint density at radius 2 is 2.04 bits per heavy atom. The fourth-order valence-corrected chi connectivity index (χ4v) is 3.28. The van der Waals surface area contributed by atoms with Crippen LogP contribution in [0.15, 0.2) is 12.1 Å². The number of piperidine rings is 1. The van der Waals surface area contributed by atoms with E-state index in [0.717, 1.165) is 19.3 Å². The first-order valence-electron chi connectivity index (χ1n) is 9.01. The Morgan fingerprint density at radius 1 is 1.27 bits per heavy atom. The van der Waals surface area contributed by atoms with Crippen LogP contribution < -0.4 is 9.47 Å². The van der Waals surface area contributed by atoms with E-state index in [9.17, 15) is 9.59 Å². The molecule has 6 nitrogen and oxygen atoms in total. The first-order chi connectivity index (χ1) is 12.5. The summed E-state index contributed by atoms with van der Waals surface area (Å²) in [7, 11) is 1.50. The number of hydrogen-bond donors (Lipinski definition) is 0. The lowest BCUT2D eigenvalue weighted by Gasteiger charge is -2.34. The number of benzene rings is 1. The number of nitrogens with zero attached hydrogens (tertiary/aromatic N) is 1. The van der Waals surface area contributed by atoms with Crippen molar-refractivity contribution in [3.05, 3.63) is 22.7 Å². The fourth-order valence-electron chi connectivity index (χ4n) is 3.01. The molecule has 0 aliphatic carbocycles. The van der Waals surface area contributed by atoms with Gasteiger partial charge in [0, 0.05) is 12.1 Å². The van der Waals surface area contributed by atoms with Gasteiger partial charge in [0.2, 0.25) is 0 Å². The molecule has 1 aromatic carbocycles. The highest BCUT2D eigenvalue weighted by atomic mass is 35.5. The second-order valence-corrected chi connectivity index (χ2v) is 6.51. The number of carbonyl (C=O) groups excluding carboxylic acids is 2. The third kappa shape index (κ3) is 4.61. The van der Waals surface area contributed by atoms with Crippen LogP contribution in [0, 0.1) is 0 Å². The molecule has 1 unspecified atom stereocenters. The Balaban J connectivity index is 2.29. The summed E-state index contributed by atoms with van der Waals surface area (Å²) in [4.78, 5) is 26.8. The lowest BCUT2D eigenvalue weighted by atomic mass is 10.0. The van der Waals surface area contributed by atoms with Crippen molar-refractivity contribution in [3.63, 3.8) is 0 Å². The van der Waals surface area contributed by atoms with Crippen molar-refractivity contribution in [1.29, 1.82) is 0 Å². The van der Waals surface area contributed by atoms with Gasteiger partial charge in [0.25, 0.3) is 5.91 Å². The summed E-state index contributed by atoms with van der Waals surface area (Å²) in [6.45, 7) is 5.05. The van der Waals surface area contributed by atoms with E-state index < -0.39 is 6.04 Å². The monoisotopic (exact) mass is 383 g/mol. The molecule has 1 fully saturated rings. The summed E-state index contributed by atoms with van der Waals surface area (Å²) in [5.74, 6) is 0.207. The number of ether oxygens (including phenoxy) is 3. The number of carbonyl (C=O) groups is 2. The van der Waals surface area contributed by atoms with Crippen LogP contribution in [-0.4, -0.2) is 49.7 Å². The highest BCUT2D eigenvalue weighted by molar-refractivity contribution is 6.32. The van der Waals surface area contributed by atoms with E-state index in [1.807, 2.05) is 6.92 Å². The molecule has 1 aromatic rings. The first kappa shape index (κ1) is 20.4. The molecule has 1 atom stereocenters. The number of esters is 1. The van der Waals surface area contributed by atoms with Crippen molar-refractivity contribution < 1.29 is 23.8 Å². The SMILES string of the molecule is CCCOc1c(Cl)cc(C(=O)N2CCCCC2C(=O)OCC)cc1OC. The number of rotatable bonds is 7. The quantitative estimate of drug-likeness (QED) is 0.672. The van der Waals surface area contributed by atoms with Crippen molar-refractivity contribution in [3.8, 4) is 11.5 Å². The van der Waals surface area contributed by atoms with Crippen LogP contribution in [0.25, 0.3) is 0 Å². The molecule has 1 amide bonds. The van der Waals surface area contributed by atoms with E-state index in [0.29, 0.717) is 48.3 Å². The van der Waals surface area contributed by atoms with Crippen LogP contribution >= 0.6 is 11.6 Å². The van der Waals surface area contributed by atoms with Crippen molar-refractivity contribution >= 4 is 23.5 Å². The zero-order valence-electron chi connectivity index (χ0n) is 15.5. The molecule has 7 heteroatoms. The molecule has 1 aliphatic rings. The second kappa shape index (κ2) is 9.67. The smallest absolute Gasteiger partial charge is 0.328 e. The summed E-state index contributed by atoms with van der Waals surface area (Å²) in [5, 5.41) is 0.311. The molecule has 0 saturated carbocycles. The molecule has 1 aliphatic heterocycles. The number of hydrogen-bond acceptors (Lipinski definition) is 5. The van der Waals surface area contributed by atoms with Crippen LogP contribution in [0.4, 0.5) is 0 Å². The molecule has 26 heavy (non-hydrogen) atoms. The topological polar surface area (TPSA) is 65.1 Å². The molecule has 1 saturated heterocycles. The van der Waals surface area contributed by atoms with Crippen LogP contribution in [0.5, 0.6) is 11.5 Å². The van der Waals surface area contributed by atoms with Gasteiger partial charge in [0.05, 0.1) is 25.3 Å². The summed E-state index contributed by atoms with van der Waals surface area (Å²) >= 11 is 6.31. The minimum atomic E-state index is -0.558. The Bertz CT molecular complexity index is 649. The summed E-state index contributed by atoms with van der Waals surface area (Å²) in [6, 6.07) is 2.61. The van der Waals surface area contributed by atoms with Crippen LogP contribution in [-0.2, 0) is 9.53 Å². The third-order valence-corrected chi connectivity index (χ3v) is 4.53. The van der Waals surface area contributed by atoms with Gasteiger partial charge in [-0.25, -0.2) is 4.79 Å². The maximum Gasteiger partial charge on any atom is 0.328 e. The zero-order valence-corrected chi connectivity index (χ0v) is 16.3. The largest absolute Gasteiger partial charge is 0.493 e. The average Bonchev–Trinajstić information content (AvgIpc) is 2.66. The van der Waals surface area contributed by atoms with Crippen molar-refractivity contribution in [2.24, 2.45) is 0 Å². The van der Waals surface area contributed by atoms with Crippen molar-refractivity contribution in [1.82, 2.24) is 4.90 Å². The maximum atomic E-state index is 13.0. The Morgan fingerprint density at radius 3 is 2.69 bits per heavy atom. The minimum absolute atomic E-state index is 0.259. The van der Waals surface area contributed by atoms with Gasteiger partial charge in [-0.3, -0.25) is 4.79 Å². The van der Waals surface area contributed by atoms with Gasteiger partial charge in [-0.1, -0.05) is 18.5 Å². The molecule has 0 N–H and O–H groups in total. The molecular formula is C19H26ClNO5. The first-order valence-corrected chi connectivity index (χ1v) is 9.39. The second-order valence-electron chi connectivity index (χ2n) is 6.10. The van der Waals surface area contributed by atoms with Crippen LogP contribution in [0.2, 0.25) is 5.02 Å². The zero-order chi connectivity index (χ0) is 19.1. The predicted molar refractivity (Wildman–Crippen MR) is 99.1 cm³/mol. The summed E-state index contributed by atoms with van der Waals surface area (Å²) in [6.07, 6.45) is 3.17. The van der Waals surface area contributed by atoms with E-state index in [1.54, 1.807) is 24.0 Å². The van der Waals surface area contributed by atoms with Gasteiger partial charge < -0.3 is 19.1 Å². The lowest BCUT2D eigenvalue weighted by molar-refractivity contribution is -0.149. The van der Waals surface area contributed by atoms with Crippen molar-refractivity contribution in [2.45, 2.75) is 45.6 Å². The molecule has 0 aromatic heterocycles. The number of methoxy groups -OCH3 is 1. The van der Waals surface area contributed by atoms with Gasteiger partial charge in [0.1, 0.15) is 6.04 Å².